The molecule has 2 amide bonds. The maximum absolute atomic E-state index is 12.5. The molecule has 2 rings (SSSR count). The van der Waals surface area contributed by atoms with Crippen LogP contribution < -0.4 is 5.32 Å². The molecule has 0 bridgehead atoms. The van der Waals surface area contributed by atoms with E-state index in [1.807, 2.05) is 6.92 Å². The Morgan fingerprint density at radius 2 is 2.12 bits per heavy atom. The summed E-state index contributed by atoms with van der Waals surface area (Å²) in [7, 11) is 0. The Morgan fingerprint density at radius 3 is 2.75 bits per heavy atom. The molecule has 2 atom stereocenters. The van der Waals surface area contributed by atoms with E-state index >= 15 is 0 Å². The van der Waals surface area contributed by atoms with E-state index in [0.29, 0.717) is 23.6 Å². The number of amides is 2. The number of benzene rings is 1. The van der Waals surface area contributed by atoms with Crippen LogP contribution in [0.2, 0.25) is 10.0 Å². The number of rotatable bonds is 4. The van der Waals surface area contributed by atoms with Crippen molar-refractivity contribution in [3.05, 3.63) is 28.2 Å². The van der Waals surface area contributed by atoms with Crippen molar-refractivity contribution in [1.82, 2.24) is 4.90 Å². The highest BCUT2D eigenvalue weighted by Gasteiger charge is 2.49. The van der Waals surface area contributed by atoms with Gasteiger partial charge in [0, 0.05) is 13.1 Å². The van der Waals surface area contributed by atoms with Gasteiger partial charge in [0.15, 0.2) is 0 Å². The number of nitrogens with zero attached hydrogens (tertiary/aromatic N) is 1. The molecule has 1 heterocycles. The maximum Gasteiger partial charge on any atom is 0.321 e. The second-order valence-corrected chi connectivity index (χ2v) is 6.75. The number of carbonyl (C=O) groups is 2. The molecule has 0 aliphatic carbocycles. The number of piperidine rings is 1. The summed E-state index contributed by atoms with van der Waals surface area (Å²) in [6.45, 7) is 2.06. The van der Waals surface area contributed by atoms with Gasteiger partial charge in [-0.3, -0.25) is 4.79 Å². The van der Waals surface area contributed by atoms with Crippen LogP contribution in [0.3, 0.4) is 0 Å². The van der Waals surface area contributed by atoms with E-state index < -0.39 is 23.5 Å². The summed E-state index contributed by atoms with van der Waals surface area (Å²) < 4.78 is 0. The second kappa shape index (κ2) is 7.59. The Morgan fingerprint density at radius 1 is 1.42 bits per heavy atom. The SMILES string of the molecule is CCC[C@@]1(C(=O)O)CN(C(=O)Nc2cccc(Cl)c2Cl)CC[C@@H]1O. The molecule has 132 valence electrons. The predicted molar refractivity (Wildman–Crippen MR) is 92.7 cm³/mol. The normalized spacial score (nSPS) is 23.8. The molecule has 0 saturated carbocycles. The van der Waals surface area contributed by atoms with Crippen LogP contribution >= 0.6 is 23.2 Å². The number of aliphatic hydroxyl groups excluding tert-OH is 1. The number of carboxylic acids is 1. The quantitative estimate of drug-likeness (QED) is 0.752. The fourth-order valence-electron chi connectivity index (χ4n) is 3.06. The van der Waals surface area contributed by atoms with Gasteiger partial charge in [0.05, 0.1) is 21.8 Å². The van der Waals surface area contributed by atoms with Crippen molar-refractivity contribution >= 4 is 40.9 Å². The van der Waals surface area contributed by atoms with E-state index in [1.165, 1.54) is 4.90 Å². The van der Waals surface area contributed by atoms with Gasteiger partial charge in [-0.25, -0.2) is 4.79 Å². The Hall–Kier alpha value is -1.50. The largest absolute Gasteiger partial charge is 0.481 e. The topological polar surface area (TPSA) is 89.9 Å². The molecule has 6 nitrogen and oxygen atoms in total. The average Bonchev–Trinajstić information content (AvgIpc) is 2.53. The zero-order valence-electron chi connectivity index (χ0n) is 13.3. The van der Waals surface area contributed by atoms with Gasteiger partial charge >= 0.3 is 12.0 Å². The lowest BCUT2D eigenvalue weighted by Crippen LogP contribution is -2.57. The number of urea groups is 1. The van der Waals surface area contributed by atoms with Crippen LogP contribution in [0, 0.1) is 5.41 Å². The van der Waals surface area contributed by atoms with E-state index in [-0.39, 0.29) is 24.5 Å². The summed E-state index contributed by atoms with van der Waals surface area (Å²) in [5.74, 6) is -1.09. The number of hydrogen-bond donors (Lipinski definition) is 3. The predicted octanol–water partition coefficient (Wildman–Crippen LogP) is 3.46. The smallest absolute Gasteiger partial charge is 0.321 e. The van der Waals surface area contributed by atoms with Crippen molar-refractivity contribution < 1.29 is 19.8 Å². The van der Waals surface area contributed by atoms with Gasteiger partial charge in [-0.15, -0.1) is 0 Å². The van der Waals surface area contributed by atoms with Gasteiger partial charge in [0.25, 0.3) is 0 Å². The number of anilines is 1. The van der Waals surface area contributed by atoms with Gasteiger partial charge in [-0.2, -0.15) is 0 Å². The van der Waals surface area contributed by atoms with Crippen LogP contribution in [0.25, 0.3) is 0 Å². The standard InChI is InChI=1S/C16H20Cl2N2O4/c1-2-7-16(14(22)23)9-20(8-6-12(16)21)15(24)19-11-5-3-4-10(17)13(11)18/h3-5,12,21H,2,6-9H2,1H3,(H,19,24)(H,22,23)/t12-,16+/m0/s1. The maximum atomic E-state index is 12.5. The molecule has 0 unspecified atom stereocenters. The van der Waals surface area contributed by atoms with Gasteiger partial charge in [0.1, 0.15) is 5.41 Å². The number of halogens is 2. The third kappa shape index (κ3) is 3.61. The molecule has 0 spiro atoms. The van der Waals surface area contributed by atoms with Gasteiger partial charge < -0.3 is 20.4 Å². The number of carbonyl (C=O) groups excluding carboxylic acids is 1. The lowest BCUT2D eigenvalue weighted by Gasteiger charge is -2.43. The molecule has 3 N–H and O–H groups in total. The first kappa shape index (κ1) is 18.8. The molecule has 24 heavy (non-hydrogen) atoms. The van der Waals surface area contributed by atoms with Crippen molar-refractivity contribution in [1.29, 1.82) is 0 Å². The minimum Gasteiger partial charge on any atom is -0.481 e. The summed E-state index contributed by atoms with van der Waals surface area (Å²) in [5.41, 5.74) is -0.987. The molecule has 8 heteroatoms. The molecule has 1 aliphatic heterocycles. The van der Waals surface area contributed by atoms with E-state index in [2.05, 4.69) is 5.32 Å². The first-order valence-corrected chi connectivity index (χ1v) is 8.49. The minimum absolute atomic E-state index is 0.0542. The number of carboxylic acid groups (broad SMARTS) is 1. The summed E-state index contributed by atoms with van der Waals surface area (Å²) in [6.07, 6.45) is 0.126. The zero-order chi connectivity index (χ0) is 17.9. The Labute approximate surface area is 150 Å². The van der Waals surface area contributed by atoms with Crippen LogP contribution in [0.1, 0.15) is 26.2 Å². The molecule has 1 aliphatic rings. The monoisotopic (exact) mass is 374 g/mol. The van der Waals surface area contributed by atoms with Crippen LogP contribution in [0.15, 0.2) is 18.2 Å². The zero-order valence-corrected chi connectivity index (χ0v) is 14.8. The van der Waals surface area contributed by atoms with E-state index in [9.17, 15) is 19.8 Å². The third-order valence-electron chi connectivity index (χ3n) is 4.39. The van der Waals surface area contributed by atoms with E-state index in [4.69, 9.17) is 23.2 Å². The lowest BCUT2D eigenvalue weighted by atomic mass is 9.74. The first-order valence-electron chi connectivity index (χ1n) is 7.73. The highest BCUT2D eigenvalue weighted by molar-refractivity contribution is 6.43. The molecular weight excluding hydrogens is 355 g/mol. The lowest BCUT2D eigenvalue weighted by molar-refractivity contribution is -0.162. The number of aliphatic hydroxyl groups is 1. The van der Waals surface area contributed by atoms with Gasteiger partial charge in [-0.1, -0.05) is 42.6 Å². The Bertz CT molecular complexity index is 641. The third-order valence-corrected chi connectivity index (χ3v) is 5.20. The minimum atomic E-state index is -1.34. The fraction of sp³-hybridized carbons (Fsp3) is 0.500. The highest BCUT2D eigenvalue weighted by atomic mass is 35.5. The van der Waals surface area contributed by atoms with Crippen LogP contribution in [0.4, 0.5) is 10.5 Å². The van der Waals surface area contributed by atoms with Crippen molar-refractivity contribution in [3.63, 3.8) is 0 Å². The van der Waals surface area contributed by atoms with Crippen molar-refractivity contribution in [2.45, 2.75) is 32.3 Å². The van der Waals surface area contributed by atoms with Gasteiger partial charge in [0.2, 0.25) is 0 Å². The summed E-state index contributed by atoms with van der Waals surface area (Å²) in [5, 5.41) is 23.0. The van der Waals surface area contributed by atoms with E-state index in [0.717, 1.165) is 0 Å². The Balaban J connectivity index is 2.18. The molecule has 0 aromatic heterocycles. The highest BCUT2D eigenvalue weighted by Crippen LogP contribution is 2.36. The number of nitrogens with one attached hydrogen (secondary N) is 1. The molecular formula is C16H20Cl2N2O4. The number of aliphatic carboxylic acids is 1. The van der Waals surface area contributed by atoms with Crippen LogP contribution in [-0.2, 0) is 4.79 Å². The Kier molecular flexibility index (Phi) is 5.96. The first-order chi connectivity index (χ1) is 11.3. The summed E-state index contributed by atoms with van der Waals surface area (Å²) in [6, 6.07) is 4.41. The fourth-order valence-corrected chi connectivity index (χ4v) is 3.40. The van der Waals surface area contributed by atoms with Crippen molar-refractivity contribution in [2.75, 3.05) is 18.4 Å². The second-order valence-electron chi connectivity index (χ2n) is 5.97. The number of likely N-dealkylation sites (tertiary alicyclic amines) is 1. The van der Waals surface area contributed by atoms with Crippen molar-refractivity contribution in [2.24, 2.45) is 5.41 Å². The molecule has 1 saturated heterocycles. The average molecular weight is 375 g/mol. The summed E-state index contributed by atoms with van der Waals surface area (Å²) >= 11 is 12.0. The van der Waals surface area contributed by atoms with Crippen LogP contribution in [0.5, 0.6) is 0 Å². The summed E-state index contributed by atoms with van der Waals surface area (Å²) in [4.78, 5) is 25.6. The molecule has 1 fully saturated rings. The molecule has 1 aromatic carbocycles. The van der Waals surface area contributed by atoms with Gasteiger partial charge in [-0.05, 0) is 25.0 Å². The van der Waals surface area contributed by atoms with E-state index in [1.54, 1.807) is 18.2 Å². The van der Waals surface area contributed by atoms with Crippen LogP contribution in [-0.4, -0.2) is 46.3 Å². The molecule has 0 radical (unpaired) electrons. The molecule has 1 aromatic rings. The number of hydrogen-bond acceptors (Lipinski definition) is 3. The van der Waals surface area contributed by atoms with Crippen molar-refractivity contribution in [3.8, 4) is 0 Å².